The maximum atomic E-state index is 12.6. The predicted octanol–water partition coefficient (Wildman–Crippen LogP) is 2.37. The topological polar surface area (TPSA) is 115 Å². The molecule has 2 amide bonds. The number of nitro benzene ring substituents is 1. The highest BCUT2D eigenvalue weighted by Crippen LogP contribution is 2.29. The average molecular weight is 395 g/mol. The number of benzene rings is 2. The molecule has 2 rings (SSSR count). The zero-order valence-electron chi connectivity index (χ0n) is 14.4. The van der Waals surface area contributed by atoms with E-state index in [0.717, 1.165) is 12.1 Å². The molecule has 0 radical (unpaired) electrons. The van der Waals surface area contributed by atoms with E-state index in [4.69, 9.17) is 5.73 Å². The first-order valence-electron chi connectivity index (χ1n) is 8.04. The molecule has 0 aliphatic rings. The highest BCUT2D eigenvalue weighted by atomic mass is 19.4. The number of nitro groups is 1. The van der Waals surface area contributed by atoms with Gasteiger partial charge in [0.2, 0.25) is 11.8 Å². The van der Waals surface area contributed by atoms with E-state index >= 15 is 0 Å². The number of hydrogen-bond donors (Lipinski definition) is 2. The van der Waals surface area contributed by atoms with Gasteiger partial charge >= 0.3 is 6.18 Å². The van der Waals surface area contributed by atoms with Gasteiger partial charge < -0.3 is 11.1 Å². The van der Waals surface area contributed by atoms with Crippen molar-refractivity contribution in [1.29, 1.82) is 0 Å². The predicted molar refractivity (Wildman–Crippen MR) is 93.1 cm³/mol. The summed E-state index contributed by atoms with van der Waals surface area (Å²) >= 11 is 0. The van der Waals surface area contributed by atoms with Crippen molar-refractivity contribution in [3.05, 3.63) is 75.3 Å². The van der Waals surface area contributed by atoms with Crippen molar-refractivity contribution in [3.8, 4) is 0 Å². The van der Waals surface area contributed by atoms with Crippen LogP contribution in [0.5, 0.6) is 0 Å². The summed E-state index contributed by atoms with van der Waals surface area (Å²) < 4.78 is 37.8. The lowest BCUT2D eigenvalue weighted by Crippen LogP contribution is -2.46. The Balaban J connectivity index is 2.04. The fraction of sp³-hybridized carbons (Fsp3) is 0.222. The quantitative estimate of drug-likeness (QED) is 0.553. The van der Waals surface area contributed by atoms with Gasteiger partial charge in [-0.1, -0.05) is 24.3 Å². The second-order valence-corrected chi connectivity index (χ2v) is 6.03. The van der Waals surface area contributed by atoms with Crippen LogP contribution in [0.3, 0.4) is 0 Å². The van der Waals surface area contributed by atoms with Gasteiger partial charge in [0, 0.05) is 18.6 Å². The maximum absolute atomic E-state index is 12.6. The molecule has 2 aromatic carbocycles. The van der Waals surface area contributed by atoms with Crippen LogP contribution in [0.2, 0.25) is 0 Å². The Bertz CT molecular complexity index is 882. The number of alkyl halides is 3. The molecule has 148 valence electrons. The van der Waals surface area contributed by atoms with Crippen LogP contribution in [0, 0.1) is 10.1 Å². The SMILES string of the molecule is NC(=O)[C@@H](Cc1ccc(C(F)(F)F)cc1)NC(=O)Cc1cccc([N+](=O)[O-])c1. The van der Waals surface area contributed by atoms with Gasteiger partial charge in [-0.25, -0.2) is 0 Å². The van der Waals surface area contributed by atoms with Crippen LogP contribution in [-0.2, 0) is 28.6 Å². The van der Waals surface area contributed by atoms with Crippen LogP contribution in [-0.4, -0.2) is 22.8 Å². The van der Waals surface area contributed by atoms with E-state index in [0.29, 0.717) is 11.1 Å². The number of non-ortho nitro benzene ring substituents is 1. The number of rotatable bonds is 7. The van der Waals surface area contributed by atoms with E-state index in [2.05, 4.69) is 5.32 Å². The van der Waals surface area contributed by atoms with Gasteiger partial charge in [-0.2, -0.15) is 13.2 Å². The van der Waals surface area contributed by atoms with Gasteiger partial charge in [0.05, 0.1) is 16.9 Å². The van der Waals surface area contributed by atoms with Crippen molar-refractivity contribution < 1.29 is 27.7 Å². The number of nitrogens with one attached hydrogen (secondary N) is 1. The molecule has 28 heavy (non-hydrogen) atoms. The van der Waals surface area contributed by atoms with Crippen LogP contribution in [0.15, 0.2) is 48.5 Å². The van der Waals surface area contributed by atoms with Gasteiger partial charge in [-0.3, -0.25) is 19.7 Å². The highest BCUT2D eigenvalue weighted by Gasteiger charge is 2.30. The second kappa shape index (κ2) is 8.51. The van der Waals surface area contributed by atoms with E-state index in [1.165, 1.54) is 36.4 Å². The molecule has 3 N–H and O–H groups in total. The highest BCUT2D eigenvalue weighted by molar-refractivity contribution is 5.87. The summed E-state index contributed by atoms with van der Waals surface area (Å²) in [5, 5.41) is 13.2. The Labute approximate surface area is 157 Å². The summed E-state index contributed by atoms with van der Waals surface area (Å²) in [6.45, 7) is 0. The van der Waals surface area contributed by atoms with Crippen molar-refractivity contribution in [2.75, 3.05) is 0 Å². The van der Waals surface area contributed by atoms with Crippen LogP contribution in [0.25, 0.3) is 0 Å². The zero-order valence-corrected chi connectivity index (χ0v) is 14.4. The van der Waals surface area contributed by atoms with E-state index in [9.17, 15) is 32.9 Å². The Kier molecular flexibility index (Phi) is 6.34. The smallest absolute Gasteiger partial charge is 0.368 e. The first-order valence-corrected chi connectivity index (χ1v) is 8.04. The van der Waals surface area contributed by atoms with Gasteiger partial charge in [-0.15, -0.1) is 0 Å². The lowest BCUT2D eigenvalue weighted by Gasteiger charge is -2.16. The fourth-order valence-electron chi connectivity index (χ4n) is 2.50. The monoisotopic (exact) mass is 395 g/mol. The van der Waals surface area contributed by atoms with E-state index in [1.807, 2.05) is 0 Å². The maximum Gasteiger partial charge on any atom is 0.416 e. The molecular weight excluding hydrogens is 379 g/mol. The number of carbonyl (C=O) groups is 2. The number of carbonyl (C=O) groups excluding carboxylic acids is 2. The molecule has 0 bridgehead atoms. The number of amides is 2. The molecule has 0 saturated heterocycles. The first kappa shape index (κ1) is 20.9. The average Bonchev–Trinajstić information content (AvgIpc) is 2.61. The molecule has 10 heteroatoms. The summed E-state index contributed by atoms with van der Waals surface area (Å²) in [7, 11) is 0. The van der Waals surface area contributed by atoms with Gasteiger partial charge in [-0.05, 0) is 23.3 Å². The molecule has 0 aliphatic heterocycles. The van der Waals surface area contributed by atoms with Crippen molar-refractivity contribution in [3.63, 3.8) is 0 Å². The molecule has 2 aromatic rings. The molecule has 0 aromatic heterocycles. The first-order chi connectivity index (χ1) is 13.1. The Morgan fingerprint density at radius 1 is 1.11 bits per heavy atom. The normalized spacial score (nSPS) is 12.2. The fourth-order valence-corrected chi connectivity index (χ4v) is 2.50. The van der Waals surface area contributed by atoms with Crippen LogP contribution in [0.4, 0.5) is 18.9 Å². The van der Waals surface area contributed by atoms with Gasteiger partial charge in [0.1, 0.15) is 6.04 Å². The second-order valence-electron chi connectivity index (χ2n) is 6.03. The summed E-state index contributed by atoms with van der Waals surface area (Å²) in [5.41, 5.74) is 5.00. The summed E-state index contributed by atoms with van der Waals surface area (Å²) in [6.07, 6.45) is -4.79. The third-order valence-corrected chi connectivity index (χ3v) is 3.89. The van der Waals surface area contributed by atoms with Crippen LogP contribution in [0.1, 0.15) is 16.7 Å². The van der Waals surface area contributed by atoms with Crippen LogP contribution < -0.4 is 11.1 Å². The lowest BCUT2D eigenvalue weighted by atomic mass is 10.0. The molecule has 0 unspecified atom stereocenters. The minimum Gasteiger partial charge on any atom is -0.368 e. The van der Waals surface area contributed by atoms with Crippen molar-refractivity contribution >= 4 is 17.5 Å². The minimum absolute atomic E-state index is 0.0891. The number of halogens is 3. The Hall–Kier alpha value is -3.43. The number of nitrogens with zero attached hydrogens (tertiary/aromatic N) is 1. The molecular formula is C18H16F3N3O4. The van der Waals surface area contributed by atoms with Crippen molar-refractivity contribution in [2.45, 2.75) is 25.1 Å². The number of nitrogens with two attached hydrogens (primary N) is 1. The largest absolute Gasteiger partial charge is 0.416 e. The van der Waals surface area contributed by atoms with Gasteiger partial charge in [0.15, 0.2) is 0 Å². The standard InChI is InChI=1S/C18H16F3N3O4/c19-18(20,21)13-6-4-11(5-7-13)9-15(17(22)26)23-16(25)10-12-2-1-3-14(8-12)24(27)28/h1-8,15H,9-10H2,(H2,22,26)(H,23,25)/t15-/m1/s1. The Morgan fingerprint density at radius 3 is 2.29 bits per heavy atom. The summed E-state index contributed by atoms with van der Waals surface area (Å²) in [4.78, 5) is 33.9. The third kappa shape index (κ3) is 5.79. The van der Waals surface area contributed by atoms with Gasteiger partial charge in [0.25, 0.3) is 5.69 Å². The van der Waals surface area contributed by atoms with E-state index < -0.39 is 34.5 Å². The number of hydrogen-bond acceptors (Lipinski definition) is 4. The zero-order chi connectivity index (χ0) is 20.9. The third-order valence-electron chi connectivity index (χ3n) is 3.89. The Morgan fingerprint density at radius 2 is 1.75 bits per heavy atom. The number of primary amides is 1. The minimum atomic E-state index is -4.48. The molecule has 0 spiro atoms. The van der Waals surface area contributed by atoms with Crippen molar-refractivity contribution in [1.82, 2.24) is 5.32 Å². The van der Waals surface area contributed by atoms with E-state index in [-0.39, 0.29) is 18.5 Å². The van der Waals surface area contributed by atoms with E-state index in [1.54, 1.807) is 0 Å². The molecule has 7 nitrogen and oxygen atoms in total. The molecule has 0 fully saturated rings. The molecule has 1 atom stereocenters. The molecule has 0 saturated carbocycles. The van der Waals surface area contributed by atoms with Crippen LogP contribution >= 0.6 is 0 Å². The molecule has 0 heterocycles. The summed E-state index contributed by atoms with van der Waals surface area (Å²) in [5.74, 6) is -1.46. The molecule has 0 aliphatic carbocycles. The lowest BCUT2D eigenvalue weighted by molar-refractivity contribution is -0.384. The summed E-state index contributed by atoms with van der Waals surface area (Å²) in [6, 6.07) is 8.46. The van der Waals surface area contributed by atoms with Crippen molar-refractivity contribution in [2.24, 2.45) is 5.73 Å².